The van der Waals surface area contributed by atoms with Crippen molar-refractivity contribution in [1.82, 2.24) is 0 Å². The SMILES string of the molecule is Cc1ccc(S(=O)(=O)C2=C[C@@H](CO[Si](C)(C)C(C)(C)C)O[C@@H]2c2ccccc2)cc1. The topological polar surface area (TPSA) is 52.6 Å². The molecule has 0 fully saturated rings. The van der Waals surface area contributed by atoms with Gasteiger partial charge in [-0.05, 0) is 48.8 Å². The van der Waals surface area contributed by atoms with E-state index in [4.69, 9.17) is 9.16 Å². The highest BCUT2D eigenvalue weighted by Crippen LogP contribution is 2.41. The minimum absolute atomic E-state index is 0.0744. The second-order valence-corrected chi connectivity index (χ2v) is 16.2. The normalized spacial score (nSPS) is 20.3. The first-order valence-corrected chi connectivity index (χ1v) is 14.7. The summed E-state index contributed by atoms with van der Waals surface area (Å²) in [4.78, 5) is 0.580. The Kier molecular flexibility index (Phi) is 6.44. The van der Waals surface area contributed by atoms with Crippen LogP contribution in [0.5, 0.6) is 0 Å². The molecule has 162 valence electrons. The lowest BCUT2D eigenvalue weighted by Gasteiger charge is -2.36. The van der Waals surface area contributed by atoms with E-state index in [0.717, 1.165) is 11.1 Å². The Balaban J connectivity index is 1.93. The van der Waals surface area contributed by atoms with E-state index in [1.54, 1.807) is 18.2 Å². The summed E-state index contributed by atoms with van der Waals surface area (Å²) in [5.41, 5.74) is 1.85. The van der Waals surface area contributed by atoms with E-state index >= 15 is 0 Å². The second-order valence-electron chi connectivity index (χ2n) is 9.42. The van der Waals surface area contributed by atoms with Crippen molar-refractivity contribution in [3.63, 3.8) is 0 Å². The van der Waals surface area contributed by atoms with Gasteiger partial charge in [0.15, 0.2) is 8.32 Å². The van der Waals surface area contributed by atoms with Crippen molar-refractivity contribution in [3.05, 3.63) is 76.7 Å². The highest BCUT2D eigenvalue weighted by Gasteiger charge is 2.41. The van der Waals surface area contributed by atoms with Gasteiger partial charge >= 0.3 is 0 Å². The fourth-order valence-corrected chi connectivity index (χ4v) is 5.69. The van der Waals surface area contributed by atoms with Crippen molar-refractivity contribution < 1.29 is 17.6 Å². The van der Waals surface area contributed by atoms with Gasteiger partial charge in [0.1, 0.15) is 12.2 Å². The molecule has 3 rings (SSSR count). The number of rotatable bonds is 6. The first-order valence-electron chi connectivity index (χ1n) is 10.3. The molecule has 2 aromatic carbocycles. The van der Waals surface area contributed by atoms with E-state index < -0.39 is 30.4 Å². The zero-order valence-electron chi connectivity index (χ0n) is 18.7. The molecule has 0 bridgehead atoms. The lowest BCUT2D eigenvalue weighted by Crippen LogP contribution is -2.42. The van der Waals surface area contributed by atoms with Crippen LogP contribution >= 0.6 is 0 Å². The average Bonchev–Trinajstić information content (AvgIpc) is 3.12. The molecule has 30 heavy (non-hydrogen) atoms. The number of sulfone groups is 1. The second kappa shape index (κ2) is 8.42. The highest BCUT2D eigenvalue weighted by atomic mass is 32.2. The van der Waals surface area contributed by atoms with E-state index in [1.807, 2.05) is 49.4 Å². The predicted molar refractivity (Wildman–Crippen MR) is 124 cm³/mol. The van der Waals surface area contributed by atoms with Gasteiger partial charge in [-0.15, -0.1) is 0 Å². The Morgan fingerprint density at radius 1 is 1.00 bits per heavy atom. The largest absolute Gasteiger partial charge is 0.414 e. The van der Waals surface area contributed by atoms with Gasteiger partial charge in [-0.2, -0.15) is 0 Å². The quantitative estimate of drug-likeness (QED) is 0.527. The molecule has 0 aliphatic carbocycles. The van der Waals surface area contributed by atoms with Crippen LogP contribution in [-0.2, 0) is 19.0 Å². The van der Waals surface area contributed by atoms with Crippen molar-refractivity contribution in [2.24, 2.45) is 0 Å². The highest BCUT2D eigenvalue weighted by molar-refractivity contribution is 7.95. The summed E-state index contributed by atoms with van der Waals surface area (Å²) in [6.45, 7) is 13.2. The lowest BCUT2D eigenvalue weighted by molar-refractivity contribution is 0.0269. The van der Waals surface area contributed by atoms with Gasteiger partial charge in [0.2, 0.25) is 9.84 Å². The van der Waals surface area contributed by atoms with Crippen molar-refractivity contribution in [1.29, 1.82) is 0 Å². The Labute approximate surface area is 182 Å². The molecule has 4 nitrogen and oxygen atoms in total. The molecule has 0 aromatic heterocycles. The Hall–Kier alpha value is -1.73. The summed E-state index contributed by atoms with van der Waals surface area (Å²) in [7, 11) is -5.65. The van der Waals surface area contributed by atoms with Crippen LogP contribution in [0.25, 0.3) is 0 Å². The Morgan fingerprint density at radius 2 is 1.60 bits per heavy atom. The third-order valence-corrected chi connectivity index (χ3v) is 12.4. The lowest BCUT2D eigenvalue weighted by atomic mass is 10.1. The van der Waals surface area contributed by atoms with Gasteiger partial charge in [-0.25, -0.2) is 8.42 Å². The van der Waals surface area contributed by atoms with Crippen LogP contribution in [0, 0.1) is 6.92 Å². The fourth-order valence-electron chi connectivity index (χ4n) is 3.10. The molecule has 2 aromatic rings. The van der Waals surface area contributed by atoms with Gasteiger partial charge in [-0.3, -0.25) is 0 Å². The number of ether oxygens (including phenoxy) is 1. The van der Waals surface area contributed by atoms with Crippen molar-refractivity contribution in [2.75, 3.05) is 6.61 Å². The molecule has 0 amide bonds. The third kappa shape index (κ3) is 4.77. The minimum Gasteiger partial charge on any atom is -0.414 e. The zero-order chi connectivity index (χ0) is 22.2. The van der Waals surface area contributed by atoms with Crippen molar-refractivity contribution >= 4 is 18.2 Å². The maximum absolute atomic E-state index is 13.5. The monoisotopic (exact) mass is 444 g/mol. The number of aryl methyl sites for hydroxylation is 1. The number of hydrogen-bond acceptors (Lipinski definition) is 4. The molecule has 1 heterocycles. The molecule has 0 radical (unpaired) electrons. The number of benzene rings is 2. The molecular weight excluding hydrogens is 412 g/mol. The molecule has 1 aliphatic heterocycles. The summed E-state index contributed by atoms with van der Waals surface area (Å²) in [6.07, 6.45) is 0.699. The van der Waals surface area contributed by atoms with Crippen LogP contribution in [0.4, 0.5) is 0 Å². The molecule has 0 N–H and O–H groups in total. The fraction of sp³-hybridized carbons (Fsp3) is 0.417. The van der Waals surface area contributed by atoms with Crippen LogP contribution in [0.3, 0.4) is 0 Å². The molecular formula is C24H32O4SSi. The van der Waals surface area contributed by atoms with Gasteiger partial charge in [0, 0.05) is 0 Å². The minimum atomic E-state index is -3.68. The molecule has 0 saturated heterocycles. The van der Waals surface area contributed by atoms with E-state index in [9.17, 15) is 8.42 Å². The smallest absolute Gasteiger partial charge is 0.205 e. The first-order chi connectivity index (χ1) is 13.9. The third-order valence-electron chi connectivity index (χ3n) is 6.08. The van der Waals surface area contributed by atoms with Crippen LogP contribution < -0.4 is 0 Å². The van der Waals surface area contributed by atoms with E-state index in [0.29, 0.717) is 11.5 Å². The van der Waals surface area contributed by atoms with Gasteiger partial charge < -0.3 is 9.16 Å². The summed E-state index contributed by atoms with van der Waals surface area (Å²) >= 11 is 0. The van der Waals surface area contributed by atoms with Gasteiger partial charge in [0.25, 0.3) is 0 Å². The van der Waals surface area contributed by atoms with E-state index in [-0.39, 0.29) is 9.93 Å². The molecule has 1 aliphatic rings. The number of hydrogen-bond donors (Lipinski definition) is 0. The van der Waals surface area contributed by atoms with Crippen LogP contribution in [0.2, 0.25) is 18.1 Å². The maximum atomic E-state index is 13.5. The molecule has 0 saturated carbocycles. The summed E-state index contributed by atoms with van der Waals surface area (Å²) in [5.74, 6) is 0. The Bertz CT molecular complexity index is 1000. The molecule has 0 unspecified atom stereocenters. The maximum Gasteiger partial charge on any atom is 0.205 e. The van der Waals surface area contributed by atoms with Gasteiger partial charge in [0.05, 0.1) is 16.4 Å². The van der Waals surface area contributed by atoms with Crippen LogP contribution in [0.1, 0.15) is 38.0 Å². The van der Waals surface area contributed by atoms with Crippen molar-refractivity contribution in [2.45, 2.75) is 62.9 Å². The summed E-state index contributed by atoms with van der Waals surface area (Å²) in [6, 6.07) is 16.5. The van der Waals surface area contributed by atoms with E-state index in [1.165, 1.54) is 0 Å². The Morgan fingerprint density at radius 3 is 2.17 bits per heavy atom. The summed E-state index contributed by atoms with van der Waals surface area (Å²) < 4.78 is 39.5. The van der Waals surface area contributed by atoms with Gasteiger partial charge in [-0.1, -0.05) is 68.8 Å². The zero-order valence-corrected chi connectivity index (χ0v) is 20.5. The van der Waals surface area contributed by atoms with Crippen LogP contribution in [-0.4, -0.2) is 29.4 Å². The standard InChI is InChI=1S/C24H32O4SSi/c1-18-12-14-21(15-13-18)29(25,26)22-16-20(17-27-30(5,6)24(2,3)4)28-23(22)19-10-8-7-9-11-19/h7-16,20,23H,17H2,1-6H3/t20-,23+/m0/s1. The molecule has 6 heteroatoms. The molecule has 2 atom stereocenters. The van der Waals surface area contributed by atoms with E-state index in [2.05, 4.69) is 33.9 Å². The molecule has 0 spiro atoms. The average molecular weight is 445 g/mol. The first kappa shape index (κ1) is 22.9. The summed E-state index contributed by atoms with van der Waals surface area (Å²) in [5, 5.41) is 0.0744. The van der Waals surface area contributed by atoms with Crippen molar-refractivity contribution in [3.8, 4) is 0 Å². The van der Waals surface area contributed by atoms with Crippen LogP contribution in [0.15, 0.2) is 70.5 Å². The predicted octanol–water partition coefficient (Wildman–Crippen LogP) is 5.81.